The molecule has 202 valence electrons. The van der Waals surface area contributed by atoms with Gasteiger partial charge in [-0.3, -0.25) is 13.9 Å². The molecule has 4 rings (SSSR count). The molecular weight excluding hydrogens is 498 g/mol. The number of hydrogen-bond acceptors (Lipinski definition) is 4. The van der Waals surface area contributed by atoms with Crippen molar-refractivity contribution in [2.45, 2.75) is 76.9 Å². The summed E-state index contributed by atoms with van der Waals surface area (Å²) in [4.78, 5) is 28.8. The second kappa shape index (κ2) is 11.6. The molecule has 1 aliphatic heterocycles. The molecule has 0 saturated heterocycles. The molecule has 7 nitrogen and oxygen atoms in total. The van der Waals surface area contributed by atoms with Gasteiger partial charge in [-0.15, -0.1) is 0 Å². The van der Waals surface area contributed by atoms with Crippen LogP contribution < -0.4 is 9.62 Å². The topological polar surface area (TPSA) is 86.8 Å². The summed E-state index contributed by atoms with van der Waals surface area (Å²) in [6, 6.07) is 18.1. The van der Waals surface area contributed by atoms with Crippen molar-refractivity contribution in [1.29, 1.82) is 0 Å². The smallest absolute Gasteiger partial charge is 0.265 e. The summed E-state index contributed by atoms with van der Waals surface area (Å²) in [6.45, 7) is 8.38. The summed E-state index contributed by atoms with van der Waals surface area (Å²) in [5.74, 6) is -0.320. The van der Waals surface area contributed by atoms with Crippen molar-refractivity contribution in [2.75, 3.05) is 10.8 Å². The van der Waals surface area contributed by atoms with Gasteiger partial charge in [0.25, 0.3) is 10.0 Å². The lowest BCUT2D eigenvalue weighted by molar-refractivity contribution is -0.141. The van der Waals surface area contributed by atoms with Crippen molar-refractivity contribution in [3.8, 4) is 0 Å². The van der Waals surface area contributed by atoms with Crippen LogP contribution in [0.25, 0.3) is 10.8 Å². The summed E-state index contributed by atoms with van der Waals surface area (Å²) < 4.78 is 28.0. The van der Waals surface area contributed by atoms with Gasteiger partial charge in [0.2, 0.25) is 11.8 Å². The molecule has 3 aromatic rings. The number of benzene rings is 3. The second-order valence-corrected chi connectivity index (χ2v) is 11.8. The van der Waals surface area contributed by atoms with Crippen LogP contribution in [0.4, 0.5) is 5.69 Å². The maximum Gasteiger partial charge on any atom is 0.265 e. The van der Waals surface area contributed by atoms with Crippen LogP contribution in [0.3, 0.4) is 0 Å². The van der Waals surface area contributed by atoms with Gasteiger partial charge in [0.1, 0.15) is 6.04 Å². The quantitative estimate of drug-likeness (QED) is 0.368. The lowest BCUT2D eigenvalue weighted by Gasteiger charge is -2.32. The van der Waals surface area contributed by atoms with Crippen molar-refractivity contribution in [3.63, 3.8) is 0 Å². The summed E-state index contributed by atoms with van der Waals surface area (Å²) in [6.07, 6.45) is 1.76. The van der Waals surface area contributed by atoms with Gasteiger partial charge in [-0.2, -0.15) is 0 Å². The van der Waals surface area contributed by atoms with Gasteiger partial charge in [0.15, 0.2) is 0 Å². The van der Waals surface area contributed by atoms with Crippen molar-refractivity contribution in [3.05, 3.63) is 71.8 Å². The van der Waals surface area contributed by atoms with Gasteiger partial charge in [0.05, 0.1) is 10.6 Å². The molecule has 2 atom stereocenters. The fraction of sp³-hybridized carbons (Fsp3) is 0.400. The van der Waals surface area contributed by atoms with Gasteiger partial charge in [0, 0.05) is 30.9 Å². The molecule has 0 saturated carbocycles. The minimum absolute atomic E-state index is 0.0108. The SMILES string of the molecule is CC[C@@H](C)NC(=O)[C@@H](CC)N(Cc1ccccc1C)C(=O)CCCN1c2cccc3cccc(c23)S1(=O)=O. The molecular formula is C30H37N3O4S. The molecule has 38 heavy (non-hydrogen) atoms. The van der Waals surface area contributed by atoms with Crippen LogP contribution in [-0.2, 0) is 26.2 Å². The molecule has 0 radical (unpaired) electrons. The van der Waals surface area contributed by atoms with E-state index < -0.39 is 16.1 Å². The number of nitrogens with zero attached hydrogens (tertiary/aromatic N) is 2. The number of carbonyl (C=O) groups is 2. The Morgan fingerprint density at radius 2 is 1.68 bits per heavy atom. The average molecular weight is 536 g/mol. The highest BCUT2D eigenvalue weighted by molar-refractivity contribution is 7.93. The first-order valence-electron chi connectivity index (χ1n) is 13.4. The largest absolute Gasteiger partial charge is 0.352 e. The number of nitrogens with one attached hydrogen (secondary N) is 1. The Kier molecular flexibility index (Phi) is 8.41. The Morgan fingerprint density at radius 1 is 0.974 bits per heavy atom. The third-order valence-electron chi connectivity index (χ3n) is 7.42. The van der Waals surface area contributed by atoms with E-state index in [0.29, 0.717) is 30.0 Å². The zero-order valence-electron chi connectivity index (χ0n) is 22.6. The first kappa shape index (κ1) is 27.6. The maximum absolute atomic E-state index is 13.6. The third kappa shape index (κ3) is 5.41. The van der Waals surface area contributed by atoms with Crippen LogP contribution >= 0.6 is 0 Å². The van der Waals surface area contributed by atoms with E-state index in [1.807, 2.05) is 76.2 Å². The van der Waals surface area contributed by atoms with Crippen LogP contribution in [0.15, 0.2) is 65.6 Å². The average Bonchev–Trinajstić information content (AvgIpc) is 3.12. The third-order valence-corrected chi connectivity index (χ3v) is 9.28. The summed E-state index contributed by atoms with van der Waals surface area (Å²) in [5.41, 5.74) is 2.69. The molecule has 1 N–H and O–H groups in total. The normalized spacial score (nSPS) is 15.3. The van der Waals surface area contributed by atoms with E-state index in [1.165, 1.54) is 4.31 Å². The molecule has 1 heterocycles. The Balaban J connectivity index is 1.53. The fourth-order valence-electron chi connectivity index (χ4n) is 5.05. The number of carbonyl (C=O) groups excluding carboxylic acids is 2. The van der Waals surface area contributed by atoms with Gasteiger partial charge in [-0.25, -0.2) is 8.42 Å². The van der Waals surface area contributed by atoms with E-state index in [0.717, 1.165) is 28.3 Å². The number of anilines is 1. The summed E-state index contributed by atoms with van der Waals surface area (Å²) >= 11 is 0. The van der Waals surface area contributed by atoms with E-state index in [-0.39, 0.29) is 30.8 Å². The molecule has 0 bridgehead atoms. The summed E-state index contributed by atoms with van der Waals surface area (Å²) in [5, 5.41) is 4.64. The predicted octanol–water partition coefficient (Wildman–Crippen LogP) is 5.16. The monoisotopic (exact) mass is 535 g/mol. The highest BCUT2D eigenvalue weighted by Gasteiger charge is 2.35. The maximum atomic E-state index is 13.6. The molecule has 2 amide bonds. The molecule has 0 fully saturated rings. The highest BCUT2D eigenvalue weighted by Crippen LogP contribution is 2.42. The van der Waals surface area contributed by atoms with Crippen LogP contribution in [0, 0.1) is 6.92 Å². The van der Waals surface area contributed by atoms with Crippen LogP contribution in [0.1, 0.15) is 57.6 Å². The van der Waals surface area contributed by atoms with E-state index in [4.69, 9.17) is 0 Å². The lowest BCUT2D eigenvalue weighted by Crippen LogP contribution is -2.50. The van der Waals surface area contributed by atoms with E-state index in [9.17, 15) is 18.0 Å². The van der Waals surface area contributed by atoms with Crippen molar-refractivity contribution in [2.24, 2.45) is 0 Å². The lowest BCUT2D eigenvalue weighted by atomic mass is 10.0. The van der Waals surface area contributed by atoms with Gasteiger partial charge in [-0.05, 0) is 61.8 Å². The van der Waals surface area contributed by atoms with Crippen molar-refractivity contribution >= 4 is 38.3 Å². The molecule has 8 heteroatoms. The molecule has 1 aliphatic rings. The number of amides is 2. The van der Waals surface area contributed by atoms with Crippen LogP contribution in [-0.4, -0.2) is 43.8 Å². The molecule has 3 aromatic carbocycles. The Bertz CT molecular complexity index is 1430. The first-order chi connectivity index (χ1) is 18.2. The Morgan fingerprint density at radius 3 is 2.37 bits per heavy atom. The highest BCUT2D eigenvalue weighted by atomic mass is 32.2. The molecule has 0 spiro atoms. The van der Waals surface area contributed by atoms with E-state index >= 15 is 0 Å². The standard InChI is InChI=1S/C30H37N3O4S/c1-5-22(4)31-30(35)25(6-2)32(20-24-13-8-7-12-21(24)3)28(34)18-11-19-33-26-16-9-14-23-15-10-17-27(29(23)26)38(33,36)37/h7-10,12-17,22,25H,5-6,11,18-20H2,1-4H3,(H,31,35)/t22-,25-/m1/s1. The van der Waals surface area contributed by atoms with Crippen molar-refractivity contribution < 1.29 is 18.0 Å². The van der Waals surface area contributed by atoms with E-state index in [2.05, 4.69) is 5.32 Å². The van der Waals surface area contributed by atoms with Crippen molar-refractivity contribution in [1.82, 2.24) is 10.2 Å². The minimum Gasteiger partial charge on any atom is -0.352 e. The van der Waals surface area contributed by atoms with E-state index in [1.54, 1.807) is 17.0 Å². The number of aryl methyl sites for hydroxylation is 1. The van der Waals surface area contributed by atoms with Crippen LogP contribution in [0.5, 0.6) is 0 Å². The zero-order chi connectivity index (χ0) is 27.4. The minimum atomic E-state index is -3.68. The second-order valence-electron chi connectivity index (χ2n) is 10.0. The van der Waals surface area contributed by atoms with Gasteiger partial charge < -0.3 is 10.2 Å². The molecule has 0 aliphatic carbocycles. The molecule has 0 aromatic heterocycles. The Hall–Kier alpha value is -3.39. The zero-order valence-corrected chi connectivity index (χ0v) is 23.4. The van der Waals surface area contributed by atoms with Gasteiger partial charge >= 0.3 is 0 Å². The number of sulfonamides is 1. The first-order valence-corrected chi connectivity index (χ1v) is 14.8. The predicted molar refractivity (Wildman–Crippen MR) is 151 cm³/mol. The number of hydrogen-bond donors (Lipinski definition) is 1. The summed E-state index contributed by atoms with van der Waals surface area (Å²) in [7, 11) is -3.68. The Labute approximate surface area is 225 Å². The fourth-order valence-corrected chi connectivity index (χ4v) is 6.80. The van der Waals surface area contributed by atoms with Gasteiger partial charge in [-0.1, -0.05) is 62.4 Å². The molecule has 0 unspecified atom stereocenters. The van der Waals surface area contributed by atoms with Crippen LogP contribution in [0.2, 0.25) is 0 Å². The number of rotatable bonds is 11.